The normalized spacial score (nSPS) is 17.6. The highest BCUT2D eigenvalue weighted by molar-refractivity contribution is 6.31. The first-order chi connectivity index (χ1) is 18.3. The van der Waals surface area contributed by atoms with Gasteiger partial charge in [0.05, 0.1) is 23.7 Å². The topological polar surface area (TPSA) is 101 Å². The van der Waals surface area contributed by atoms with E-state index in [1.165, 1.54) is 0 Å². The minimum absolute atomic E-state index is 0.0724. The van der Waals surface area contributed by atoms with E-state index in [0.717, 1.165) is 10.9 Å². The summed E-state index contributed by atoms with van der Waals surface area (Å²) >= 11 is 6.15. The molecule has 200 valence electrons. The number of pyridine rings is 1. The Bertz CT molecular complexity index is 1310. The molecule has 2 N–H and O–H groups in total. The second-order valence-electron chi connectivity index (χ2n) is 9.95. The van der Waals surface area contributed by atoms with E-state index >= 15 is 0 Å². The fourth-order valence-electron chi connectivity index (χ4n) is 4.55. The van der Waals surface area contributed by atoms with Crippen LogP contribution in [0.25, 0.3) is 10.9 Å². The smallest absolute Gasteiger partial charge is 0.255 e. The van der Waals surface area contributed by atoms with Crippen LogP contribution in [0.2, 0.25) is 5.02 Å². The van der Waals surface area contributed by atoms with Gasteiger partial charge in [-0.1, -0.05) is 31.5 Å². The fourth-order valence-corrected chi connectivity index (χ4v) is 4.72. The van der Waals surface area contributed by atoms with Gasteiger partial charge in [-0.15, -0.1) is 0 Å². The molecule has 1 atom stereocenters. The summed E-state index contributed by atoms with van der Waals surface area (Å²) in [5.74, 6) is -0.0526. The maximum Gasteiger partial charge on any atom is 0.255 e. The van der Waals surface area contributed by atoms with Crippen LogP contribution in [0.4, 0.5) is 0 Å². The van der Waals surface area contributed by atoms with Gasteiger partial charge in [-0.3, -0.25) is 19.4 Å². The van der Waals surface area contributed by atoms with E-state index in [0.29, 0.717) is 60.2 Å². The molecule has 0 bridgehead atoms. The summed E-state index contributed by atoms with van der Waals surface area (Å²) in [7, 11) is 0. The minimum atomic E-state index is -0.303. The number of nitrogens with zero attached hydrogens (tertiary/aromatic N) is 2. The summed E-state index contributed by atoms with van der Waals surface area (Å²) in [6.07, 6.45) is 3.63. The van der Waals surface area contributed by atoms with Crippen molar-refractivity contribution in [1.82, 2.24) is 20.5 Å². The average molecular weight is 537 g/mol. The third-order valence-corrected chi connectivity index (χ3v) is 6.59. The lowest BCUT2D eigenvalue weighted by molar-refractivity contribution is -0.122. The molecule has 2 aromatic carbocycles. The van der Waals surface area contributed by atoms with E-state index in [4.69, 9.17) is 16.3 Å². The third kappa shape index (κ3) is 7.22. The molecule has 0 aliphatic carbocycles. The number of ether oxygens (including phenoxy) is 1. The zero-order valence-electron chi connectivity index (χ0n) is 21.7. The highest BCUT2D eigenvalue weighted by Crippen LogP contribution is 2.24. The molecule has 4 rings (SSSR count). The molecular weight excluding hydrogens is 504 g/mol. The van der Waals surface area contributed by atoms with E-state index in [1.807, 2.05) is 18.2 Å². The Morgan fingerprint density at radius 1 is 1.16 bits per heavy atom. The van der Waals surface area contributed by atoms with Crippen LogP contribution in [0.3, 0.4) is 0 Å². The van der Waals surface area contributed by atoms with Crippen LogP contribution in [0.15, 0.2) is 54.7 Å². The van der Waals surface area contributed by atoms with Crippen LogP contribution < -0.4 is 15.4 Å². The number of benzene rings is 2. The highest BCUT2D eigenvalue weighted by atomic mass is 35.5. The Kier molecular flexibility index (Phi) is 9.18. The Morgan fingerprint density at radius 2 is 2.00 bits per heavy atom. The van der Waals surface area contributed by atoms with E-state index < -0.39 is 0 Å². The zero-order chi connectivity index (χ0) is 27.1. The summed E-state index contributed by atoms with van der Waals surface area (Å²) in [6.45, 7) is 5.02. The monoisotopic (exact) mass is 536 g/mol. The first-order valence-corrected chi connectivity index (χ1v) is 13.3. The van der Waals surface area contributed by atoms with Crippen molar-refractivity contribution < 1.29 is 19.1 Å². The van der Waals surface area contributed by atoms with Gasteiger partial charge in [0.25, 0.3) is 11.8 Å². The van der Waals surface area contributed by atoms with Crippen molar-refractivity contribution >= 4 is 40.2 Å². The summed E-state index contributed by atoms with van der Waals surface area (Å²) in [5, 5.41) is 7.25. The van der Waals surface area contributed by atoms with Crippen LogP contribution in [-0.2, 0) is 4.79 Å². The lowest BCUT2D eigenvalue weighted by atomic mass is 10.0. The van der Waals surface area contributed by atoms with Crippen LogP contribution in [0, 0.1) is 5.92 Å². The van der Waals surface area contributed by atoms with Crippen LogP contribution in [0.1, 0.15) is 53.8 Å². The SMILES string of the molecule is CC(C)C[C@H]1COc2ccc(Cl)cc2C(=O)NCCCCN(C(=O)c2ccc3ncccc3c2)CC(=O)N1. The molecule has 0 saturated carbocycles. The summed E-state index contributed by atoms with van der Waals surface area (Å²) in [4.78, 5) is 45.4. The zero-order valence-corrected chi connectivity index (χ0v) is 22.5. The highest BCUT2D eigenvalue weighted by Gasteiger charge is 2.23. The lowest BCUT2D eigenvalue weighted by Crippen LogP contribution is -2.46. The molecule has 0 radical (unpaired) electrons. The number of amides is 3. The Labute approximate surface area is 227 Å². The average Bonchev–Trinajstić information content (AvgIpc) is 2.90. The quantitative estimate of drug-likeness (QED) is 0.514. The second-order valence-corrected chi connectivity index (χ2v) is 10.4. The lowest BCUT2D eigenvalue weighted by Gasteiger charge is -2.25. The Hall–Kier alpha value is -3.65. The molecule has 3 aromatic rings. The van der Waals surface area contributed by atoms with Crippen LogP contribution >= 0.6 is 11.6 Å². The number of hydrogen-bond donors (Lipinski definition) is 2. The molecule has 0 spiro atoms. The van der Waals surface area contributed by atoms with Crippen LogP contribution in [-0.4, -0.2) is 59.9 Å². The van der Waals surface area contributed by atoms with E-state index in [-0.39, 0.29) is 36.9 Å². The number of halogens is 1. The van der Waals surface area contributed by atoms with Gasteiger partial charge in [-0.25, -0.2) is 0 Å². The fraction of sp³-hybridized carbons (Fsp3) is 0.379. The molecule has 1 aliphatic heterocycles. The van der Waals surface area contributed by atoms with E-state index in [2.05, 4.69) is 29.5 Å². The predicted molar refractivity (Wildman–Crippen MR) is 148 cm³/mol. The van der Waals surface area contributed by atoms with E-state index in [9.17, 15) is 14.4 Å². The van der Waals surface area contributed by atoms with E-state index in [1.54, 1.807) is 41.4 Å². The third-order valence-electron chi connectivity index (χ3n) is 6.36. The van der Waals surface area contributed by atoms with Crippen molar-refractivity contribution in [3.8, 4) is 5.75 Å². The summed E-state index contributed by atoms with van der Waals surface area (Å²) < 4.78 is 6.01. The van der Waals surface area contributed by atoms with Crippen molar-refractivity contribution in [2.75, 3.05) is 26.2 Å². The van der Waals surface area contributed by atoms with Crippen LogP contribution in [0.5, 0.6) is 5.75 Å². The maximum absolute atomic E-state index is 13.5. The first kappa shape index (κ1) is 27.4. The van der Waals surface area contributed by atoms with Gasteiger partial charge in [-0.05, 0) is 67.6 Å². The van der Waals surface area contributed by atoms with Gasteiger partial charge in [0.1, 0.15) is 12.4 Å². The molecular formula is C29H33ClN4O4. The number of carbonyl (C=O) groups is 3. The van der Waals surface area contributed by atoms with Gasteiger partial charge in [0.15, 0.2) is 0 Å². The standard InChI is InChI=1S/C29H33ClN4O4/c1-19(2)14-23-18-38-26-10-8-22(30)16-24(26)28(36)32-11-3-4-13-34(17-27(35)33-23)29(37)21-7-9-25-20(15-21)6-5-12-31-25/h5-10,12,15-16,19,23H,3-4,11,13-14,17-18H2,1-2H3,(H,32,36)(H,33,35)/t23-/m0/s1. The molecule has 1 aromatic heterocycles. The molecule has 2 heterocycles. The van der Waals surface area contributed by atoms with Crippen molar-refractivity contribution in [2.24, 2.45) is 5.92 Å². The predicted octanol–water partition coefficient (Wildman–Crippen LogP) is 4.46. The van der Waals surface area contributed by atoms with Crippen molar-refractivity contribution in [1.29, 1.82) is 0 Å². The first-order valence-electron chi connectivity index (χ1n) is 12.9. The van der Waals surface area contributed by atoms with Gasteiger partial charge in [-0.2, -0.15) is 0 Å². The molecule has 0 saturated heterocycles. The van der Waals surface area contributed by atoms with Gasteiger partial charge < -0.3 is 20.3 Å². The molecule has 8 nitrogen and oxygen atoms in total. The Morgan fingerprint density at radius 3 is 2.82 bits per heavy atom. The number of nitrogens with one attached hydrogen (secondary N) is 2. The number of fused-ring (bicyclic) bond motifs is 2. The number of hydrogen-bond acceptors (Lipinski definition) is 5. The second kappa shape index (κ2) is 12.7. The van der Waals surface area contributed by atoms with Crippen molar-refractivity contribution in [3.63, 3.8) is 0 Å². The maximum atomic E-state index is 13.5. The molecule has 3 amide bonds. The minimum Gasteiger partial charge on any atom is -0.491 e. The van der Waals surface area contributed by atoms with Crippen molar-refractivity contribution in [3.05, 3.63) is 70.9 Å². The molecule has 0 unspecified atom stereocenters. The summed E-state index contributed by atoms with van der Waals surface area (Å²) in [6, 6.07) is 13.7. The Balaban J connectivity index is 1.56. The molecule has 9 heteroatoms. The molecule has 0 fully saturated rings. The number of aromatic nitrogens is 1. The van der Waals surface area contributed by atoms with Gasteiger partial charge in [0, 0.05) is 35.3 Å². The van der Waals surface area contributed by atoms with Crippen molar-refractivity contribution in [2.45, 2.75) is 39.2 Å². The summed E-state index contributed by atoms with van der Waals surface area (Å²) in [5.41, 5.74) is 1.65. The molecule has 38 heavy (non-hydrogen) atoms. The number of carbonyl (C=O) groups excluding carboxylic acids is 3. The number of rotatable bonds is 3. The van der Waals surface area contributed by atoms with Gasteiger partial charge >= 0.3 is 0 Å². The molecule has 1 aliphatic rings. The largest absolute Gasteiger partial charge is 0.491 e. The van der Waals surface area contributed by atoms with Gasteiger partial charge in [0.2, 0.25) is 5.91 Å².